The van der Waals surface area contributed by atoms with Crippen molar-refractivity contribution in [1.82, 2.24) is 5.32 Å². The quantitative estimate of drug-likeness (QED) is 0.791. The SMILES string of the molecule is O=C1Nc2ccccc2O[C@H]1C(=O)NC1CCCC1. The fraction of sp³-hybridized carbons (Fsp3) is 0.429. The van der Waals surface area contributed by atoms with Crippen LogP contribution in [0.2, 0.25) is 0 Å². The molecule has 2 amide bonds. The van der Waals surface area contributed by atoms with E-state index in [0.29, 0.717) is 11.4 Å². The van der Waals surface area contributed by atoms with E-state index in [0.717, 1.165) is 25.7 Å². The van der Waals surface area contributed by atoms with E-state index in [-0.39, 0.29) is 11.9 Å². The smallest absolute Gasteiger partial charge is 0.275 e. The predicted molar refractivity (Wildman–Crippen MR) is 69.9 cm³/mol. The Kier molecular flexibility index (Phi) is 3.11. The van der Waals surface area contributed by atoms with Crippen LogP contribution in [-0.4, -0.2) is 24.0 Å². The number of ether oxygens (including phenoxy) is 1. The van der Waals surface area contributed by atoms with Crippen molar-refractivity contribution in [1.29, 1.82) is 0 Å². The summed E-state index contributed by atoms with van der Waals surface area (Å²) >= 11 is 0. The average molecular weight is 260 g/mol. The molecule has 1 aliphatic heterocycles. The molecule has 19 heavy (non-hydrogen) atoms. The molecule has 100 valence electrons. The first-order valence-corrected chi connectivity index (χ1v) is 6.61. The van der Waals surface area contributed by atoms with Gasteiger partial charge in [0.2, 0.25) is 0 Å². The fourth-order valence-corrected chi connectivity index (χ4v) is 2.57. The molecule has 5 heteroatoms. The summed E-state index contributed by atoms with van der Waals surface area (Å²) in [6.07, 6.45) is 3.14. The van der Waals surface area contributed by atoms with Crippen LogP contribution in [0.3, 0.4) is 0 Å². The van der Waals surface area contributed by atoms with Gasteiger partial charge in [0, 0.05) is 6.04 Å². The number of carbonyl (C=O) groups excluding carboxylic acids is 2. The molecule has 0 radical (unpaired) electrons. The van der Waals surface area contributed by atoms with E-state index in [4.69, 9.17) is 4.74 Å². The third-order valence-electron chi connectivity index (χ3n) is 3.57. The maximum atomic E-state index is 12.1. The summed E-state index contributed by atoms with van der Waals surface area (Å²) < 4.78 is 5.49. The number of para-hydroxylation sites is 2. The number of fused-ring (bicyclic) bond motifs is 1. The molecule has 2 aliphatic rings. The normalized spacial score (nSPS) is 22.3. The summed E-state index contributed by atoms with van der Waals surface area (Å²) in [6, 6.07) is 7.29. The third kappa shape index (κ3) is 2.41. The summed E-state index contributed by atoms with van der Waals surface area (Å²) in [4.78, 5) is 24.0. The molecule has 0 unspecified atom stereocenters. The minimum absolute atomic E-state index is 0.182. The second kappa shape index (κ2) is 4.91. The fourth-order valence-electron chi connectivity index (χ4n) is 2.57. The minimum Gasteiger partial charge on any atom is -0.468 e. The highest BCUT2D eigenvalue weighted by Gasteiger charge is 2.35. The molecule has 1 aliphatic carbocycles. The molecule has 5 nitrogen and oxygen atoms in total. The number of carbonyl (C=O) groups is 2. The van der Waals surface area contributed by atoms with E-state index in [9.17, 15) is 9.59 Å². The molecule has 0 saturated heterocycles. The molecule has 0 aromatic heterocycles. The first kappa shape index (κ1) is 12.0. The summed E-state index contributed by atoms with van der Waals surface area (Å²) in [6.45, 7) is 0. The van der Waals surface area contributed by atoms with Gasteiger partial charge in [-0.05, 0) is 25.0 Å². The van der Waals surface area contributed by atoms with Gasteiger partial charge in [-0.1, -0.05) is 25.0 Å². The van der Waals surface area contributed by atoms with Crippen LogP contribution >= 0.6 is 0 Å². The van der Waals surface area contributed by atoms with E-state index in [1.807, 2.05) is 6.07 Å². The van der Waals surface area contributed by atoms with Gasteiger partial charge in [0.25, 0.3) is 17.9 Å². The van der Waals surface area contributed by atoms with E-state index in [1.165, 1.54) is 0 Å². The van der Waals surface area contributed by atoms with Crippen molar-refractivity contribution >= 4 is 17.5 Å². The minimum atomic E-state index is -1.09. The van der Waals surface area contributed by atoms with Gasteiger partial charge in [0.1, 0.15) is 5.75 Å². The first-order chi connectivity index (χ1) is 9.24. The zero-order valence-corrected chi connectivity index (χ0v) is 10.5. The first-order valence-electron chi connectivity index (χ1n) is 6.61. The third-order valence-corrected chi connectivity index (χ3v) is 3.57. The molecule has 3 rings (SSSR count). The average Bonchev–Trinajstić information content (AvgIpc) is 2.90. The van der Waals surface area contributed by atoms with Crippen molar-refractivity contribution < 1.29 is 14.3 Å². The maximum Gasteiger partial charge on any atom is 0.275 e. The van der Waals surface area contributed by atoms with E-state index < -0.39 is 12.0 Å². The molecule has 1 aromatic carbocycles. The number of hydrogen-bond donors (Lipinski definition) is 2. The van der Waals surface area contributed by atoms with Gasteiger partial charge in [-0.25, -0.2) is 0 Å². The Labute approximate surface area is 111 Å². The number of nitrogens with one attached hydrogen (secondary N) is 2. The van der Waals surface area contributed by atoms with Crippen LogP contribution in [-0.2, 0) is 9.59 Å². The van der Waals surface area contributed by atoms with Gasteiger partial charge >= 0.3 is 0 Å². The molecule has 0 bridgehead atoms. The zero-order valence-electron chi connectivity index (χ0n) is 10.5. The number of rotatable bonds is 2. The largest absolute Gasteiger partial charge is 0.468 e. The van der Waals surface area contributed by atoms with Gasteiger partial charge in [-0.3, -0.25) is 9.59 Å². The molecule has 1 fully saturated rings. The lowest BCUT2D eigenvalue weighted by Crippen LogP contribution is -2.50. The summed E-state index contributed by atoms with van der Waals surface area (Å²) in [5.74, 6) is -0.221. The second-order valence-electron chi connectivity index (χ2n) is 4.97. The zero-order chi connectivity index (χ0) is 13.2. The number of anilines is 1. The van der Waals surface area contributed by atoms with Gasteiger partial charge in [0.05, 0.1) is 5.69 Å². The van der Waals surface area contributed by atoms with Crippen LogP contribution in [0.5, 0.6) is 5.75 Å². The van der Waals surface area contributed by atoms with Crippen LogP contribution in [0.15, 0.2) is 24.3 Å². The highest BCUT2D eigenvalue weighted by atomic mass is 16.5. The van der Waals surface area contributed by atoms with Crippen LogP contribution in [0, 0.1) is 0 Å². The Hall–Kier alpha value is -2.04. The lowest BCUT2D eigenvalue weighted by atomic mass is 10.2. The Morgan fingerprint density at radius 2 is 2.00 bits per heavy atom. The van der Waals surface area contributed by atoms with E-state index in [2.05, 4.69) is 10.6 Å². The lowest BCUT2D eigenvalue weighted by molar-refractivity contribution is -0.137. The second-order valence-corrected chi connectivity index (χ2v) is 4.97. The number of benzene rings is 1. The Balaban J connectivity index is 1.71. The van der Waals surface area contributed by atoms with Gasteiger partial charge in [-0.2, -0.15) is 0 Å². The van der Waals surface area contributed by atoms with Gasteiger partial charge in [-0.15, -0.1) is 0 Å². The Morgan fingerprint density at radius 1 is 1.26 bits per heavy atom. The molecular weight excluding hydrogens is 244 g/mol. The van der Waals surface area contributed by atoms with Crippen molar-refractivity contribution in [2.24, 2.45) is 0 Å². The van der Waals surface area contributed by atoms with Crippen LogP contribution in [0.1, 0.15) is 25.7 Å². The molecule has 1 saturated carbocycles. The number of amides is 2. The molecule has 1 heterocycles. The predicted octanol–water partition coefficient (Wildman–Crippen LogP) is 1.44. The van der Waals surface area contributed by atoms with Crippen molar-refractivity contribution in [3.63, 3.8) is 0 Å². The van der Waals surface area contributed by atoms with Crippen molar-refractivity contribution in [3.8, 4) is 5.75 Å². The molecule has 2 N–H and O–H groups in total. The Morgan fingerprint density at radius 3 is 2.79 bits per heavy atom. The summed E-state index contributed by atoms with van der Waals surface area (Å²) in [7, 11) is 0. The van der Waals surface area contributed by atoms with Crippen molar-refractivity contribution in [2.45, 2.75) is 37.8 Å². The lowest BCUT2D eigenvalue weighted by Gasteiger charge is -2.26. The van der Waals surface area contributed by atoms with Crippen molar-refractivity contribution in [2.75, 3.05) is 5.32 Å². The monoisotopic (exact) mass is 260 g/mol. The maximum absolute atomic E-state index is 12.1. The molecule has 0 spiro atoms. The van der Waals surface area contributed by atoms with Crippen LogP contribution < -0.4 is 15.4 Å². The van der Waals surface area contributed by atoms with Crippen LogP contribution in [0.25, 0.3) is 0 Å². The standard InChI is InChI=1S/C14H16N2O3/c17-13(15-9-5-1-2-6-9)12-14(18)16-10-7-3-4-8-11(10)19-12/h3-4,7-9,12H,1-2,5-6H2,(H,15,17)(H,16,18)/t12-/m0/s1. The summed E-state index contributed by atoms with van der Waals surface area (Å²) in [5, 5.41) is 5.58. The number of hydrogen-bond acceptors (Lipinski definition) is 3. The highest BCUT2D eigenvalue weighted by molar-refractivity contribution is 6.11. The summed E-state index contributed by atoms with van der Waals surface area (Å²) in [5.41, 5.74) is 0.609. The van der Waals surface area contributed by atoms with Gasteiger partial charge in [0.15, 0.2) is 0 Å². The topological polar surface area (TPSA) is 67.4 Å². The highest BCUT2D eigenvalue weighted by Crippen LogP contribution is 2.29. The van der Waals surface area contributed by atoms with E-state index >= 15 is 0 Å². The Bertz CT molecular complexity index is 509. The molecule has 1 atom stereocenters. The molecule has 1 aromatic rings. The van der Waals surface area contributed by atoms with Crippen LogP contribution in [0.4, 0.5) is 5.69 Å². The van der Waals surface area contributed by atoms with Gasteiger partial charge < -0.3 is 15.4 Å². The van der Waals surface area contributed by atoms with Crippen molar-refractivity contribution in [3.05, 3.63) is 24.3 Å². The van der Waals surface area contributed by atoms with E-state index in [1.54, 1.807) is 18.2 Å². The molecular formula is C14H16N2O3.